The minimum Gasteiger partial charge on any atom is -0.381 e. The predicted octanol–water partition coefficient (Wildman–Crippen LogP) is 1.40. The Bertz CT molecular complexity index is 328. The predicted molar refractivity (Wildman–Crippen MR) is 87.8 cm³/mol. The van der Waals surface area contributed by atoms with Gasteiger partial charge in [-0.2, -0.15) is 0 Å². The van der Waals surface area contributed by atoms with Gasteiger partial charge < -0.3 is 15.0 Å². The van der Waals surface area contributed by atoms with Crippen molar-refractivity contribution in [3.8, 4) is 0 Å². The SMILES string of the molecule is CN=C(NCCN1CCCCC1C)N(C)CC1CCOC1. The van der Waals surface area contributed by atoms with Gasteiger partial charge in [0, 0.05) is 52.3 Å². The van der Waals surface area contributed by atoms with E-state index in [4.69, 9.17) is 4.74 Å². The summed E-state index contributed by atoms with van der Waals surface area (Å²) in [5, 5.41) is 3.50. The number of likely N-dealkylation sites (tertiary alicyclic amines) is 1. The monoisotopic (exact) mass is 296 g/mol. The Morgan fingerprint density at radius 2 is 2.24 bits per heavy atom. The van der Waals surface area contributed by atoms with Crippen LogP contribution in [-0.4, -0.2) is 75.3 Å². The molecule has 122 valence electrons. The first-order chi connectivity index (χ1) is 10.2. The summed E-state index contributed by atoms with van der Waals surface area (Å²) in [5.74, 6) is 1.65. The number of nitrogens with zero attached hydrogens (tertiary/aromatic N) is 3. The lowest BCUT2D eigenvalue weighted by Gasteiger charge is -2.33. The minimum absolute atomic E-state index is 0.649. The molecule has 21 heavy (non-hydrogen) atoms. The fourth-order valence-corrected chi connectivity index (χ4v) is 3.39. The quantitative estimate of drug-likeness (QED) is 0.615. The van der Waals surface area contributed by atoms with Gasteiger partial charge in [0.05, 0.1) is 6.61 Å². The Balaban J connectivity index is 1.69. The molecular formula is C16H32N4O. The summed E-state index contributed by atoms with van der Waals surface area (Å²) in [6.07, 6.45) is 5.25. The van der Waals surface area contributed by atoms with Crippen molar-refractivity contribution in [3.05, 3.63) is 0 Å². The van der Waals surface area contributed by atoms with Crippen molar-refractivity contribution in [2.75, 3.05) is 53.5 Å². The van der Waals surface area contributed by atoms with E-state index in [0.717, 1.165) is 44.8 Å². The molecule has 5 heteroatoms. The number of ether oxygens (including phenoxy) is 1. The first kappa shape index (κ1) is 16.6. The highest BCUT2D eigenvalue weighted by molar-refractivity contribution is 5.79. The van der Waals surface area contributed by atoms with Crippen LogP contribution in [0, 0.1) is 5.92 Å². The van der Waals surface area contributed by atoms with Crippen LogP contribution in [0.5, 0.6) is 0 Å². The van der Waals surface area contributed by atoms with Crippen molar-refractivity contribution in [3.63, 3.8) is 0 Å². The molecule has 2 fully saturated rings. The van der Waals surface area contributed by atoms with Gasteiger partial charge in [-0.05, 0) is 32.7 Å². The maximum absolute atomic E-state index is 5.45. The number of hydrogen-bond donors (Lipinski definition) is 1. The minimum atomic E-state index is 0.649. The molecule has 2 heterocycles. The molecule has 0 aromatic rings. The van der Waals surface area contributed by atoms with Crippen LogP contribution in [0.4, 0.5) is 0 Å². The zero-order valence-electron chi connectivity index (χ0n) is 14.0. The Kier molecular flexibility index (Phi) is 6.77. The van der Waals surface area contributed by atoms with Crippen LogP contribution in [0.25, 0.3) is 0 Å². The Hall–Kier alpha value is -0.810. The summed E-state index contributed by atoms with van der Waals surface area (Å²) in [6.45, 7) is 8.52. The zero-order valence-corrected chi connectivity index (χ0v) is 14.0. The van der Waals surface area contributed by atoms with E-state index in [2.05, 4.69) is 34.1 Å². The molecule has 2 saturated heterocycles. The van der Waals surface area contributed by atoms with Crippen LogP contribution in [0.3, 0.4) is 0 Å². The molecule has 2 rings (SSSR count). The van der Waals surface area contributed by atoms with Gasteiger partial charge in [0.2, 0.25) is 0 Å². The molecule has 5 nitrogen and oxygen atoms in total. The van der Waals surface area contributed by atoms with Crippen molar-refractivity contribution >= 4 is 5.96 Å². The van der Waals surface area contributed by atoms with E-state index in [1.165, 1.54) is 32.2 Å². The molecule has 2 aliphatic rings. The highest BCUT2D eigenvalue weighted by atomic mass is 16.5. The summed E-state index contributed by atoms with van der Waals surface area (Å²) in [4.78, 5) is 9.23. The molecule has 0 spiro atoms. The molecule has 0 saturated carbocycles. The van der Waals surface area contributed by atoms with Gasteiger partial charge in [-0.25, -0.2) is 0 Å². The normalized spacial score (nSPS) is 27.9. The van der Waals surface area contributed by atoms with Crippen molar-refractivity contribution in [2.24, 2.45) is 10.9 Å². The Morgan fingerprint density at radius 1 is 1.38 bits per heavy atom. The average molecular weight is 296 g/mol. The van der Waals surface area contributed by atoms with E-state index < -0.39 is 0 Å². The molecule has 0 radical (unpaired) electrons. The maximum atomic E-state index is 5.45. The molecule has 2 atom stereocenters. The second-order valence-electron chi connectivity index (χ2n) is 6.46. The number of piperidine rings is 1. The fraction of sp³-hybridized carbons (Fsp3) is 0.938. The van der Waals surface area contributed by atoms with E-state index in [0.29, 0.717) is 5.92 Å². The van der Waals surface area contributed by atoms with E-state index in [1.54, 1.807) is 0 Å². The van der Waals surface area contributed by atoms with Crippen LogP contribution in [0.2, 0.25) is 0 Å². The van der Waals surface area contributed by atoms with Gasteiger partial charge in [0.1, 0.15) is 0 Å². The number of rotatable bonds is 5. The summed E-state index contributed by atoms with van der Waals surface area (Å²) < 4.78 is 5.45. The van der Waals surface area contributed by atoms with Crippen LogP contribution in [0.15, 0.2) is 4.99 Å². The molecule has 0 aromatic carbocycles. The lowest BCUT2D eigenvalue weighted by atomic mass is 10.0. The second-order valence-corrected chi connectivity index (χ2v) is 6.46. The third-order valence-electron chi connectivity index (χ3n) is 4.75. The second kappa shape index (κ2) is 8.59. The molecule has 1 N–H and O–H groups in total. The molecule has 0 aromatic heterocycles. The molecular weight excluding hydrogens is 264 g/mol. The van der Waals surface area contributed by atoms with Gasteiger partial charge in [-0.15, -0.1) is 0 Å². The summed E-state index contributed by atoms with van der Waals surface area (Å²) in [7, 11) is 3.99. The van der Waals surface area contributed by atoms with Gasteiger partial charge >= 0.3 is 0 Å². The van der Waals surface area contributed by atoms with Crippen LogP contribution in [0.1, 0.15) is 32.6 Å². The average Bonchev–Trinajstić information content (AvgIpc) is 2.98. The molecule has 0 amide bonds. The summed E-state index contributed by atoms with van der Waals surface area (Å²) >= 11 is 0. The van der Waals surface area contributed by atoms with Crippen molar-refractivity contribution < 1.29 is 4.74 Å². The van der Waals surface area contributed by atoms with Crippen LogP contribution >= 0.6 is 0 Å². The maximum Gasteiger partial charge on any atom is 0.193 e. The molecule has 2 aliphatic heterocycles. The Morgan fingerprint density at radius 3 is 2.90 bits per heavy atom. The standard InChI is InChI=1S/C16H32N4O/c1-14-6-4-5-9-20(14)10-8-18-16(17-2)19(3)12-15-7-11-21-13-15/h14-15H,4-13H2,1-3H3,(H,17,18). The lowest BCUT2D eigenvalue weighted by Crippen LogP contribution is -2.46. The third kappa shape index (κ3) is 5.15. The zero-order chi connectivity index (χ0) is 15.1. The highest BCUT2D eigenvalue weighted by Crippen LogP contribution is 2.15. The van der Waals surface area contributed by atoms with Crippen molar-refractivity contribution in [1.82, 2.24) is 15.1 Å². The number of nitrogens with one attached hydrogen (secondary N) is 1. The third-order valence-corrected chi connectivity index (χ3v) is 4.75. The largest absolute Gasteiger partial charge is 0.381 e. The van der Waals surface area contributed by atoms with E-state index >= 15 is 0 Å². The van der Waals surface area contributed by atoms with Crippen molar-refractivity contribution in [1.29, 1.82) is 0 Å². The van der Waals surface area contributed by atoms with E-state index in [-0.39, 0.29) is 0 Å². The molecule has 2 unspecified atom stereocenters. The fourth-order valence-electron chi connectivity index (χ4n) is 3.39. The number of guanidine groups is 1. The molecule has 0 aliphatic carbocycles. The van der Waals surface area contributed by atoms with Gasteiger partial charge in [-0.3, -0.25) is 9.89 Å². The molecule has 0 bridgehead atoms. The lowest BCUT2D eigenvalue weighted by molar-refractivity contribution is 0.163. The van der Waals surface area contributed by atoms with Crippen LogP contribution in [-0.2, 0) is 4.74 Å². The first-order valence-electron chi connectivity index (χ1n) is 8.44. The smallest absolute Gasteiger partial charge is 0.193 e. The van der Waals surface area contributed by atoms with Crippen molar-refractivity contribution in [2.45, 2.75) is 38.6 Å². The van der Waals surface area contributed by atoms with Gasteiger partial charge in [0.25, 0.3) is 0 Å². The summed E-state index contributed by atoms with van der Waals surface area (Å²) in [5.41, 5.74) is 0. The highest BCUT2D eigenvalue weighted by Gasteiger charge is 2.20. The van der Waals surface area contributed by atoms with E-state index in [9.17, 15) is 0 Å². The number of hydrogen-bond acceptors (Lipinski definition) is 3. The first-order valence-corrected chi connectivity index (χ1v) is 8.44. The summed E-state index contributed by atoms with van der Waals surface area (Å²) in [6, 6.07) is 0.732. The number of aliphatic imine (C=N–C) groups is 1. The van der Waals surface area contributed by atoms with E-state index in [1.807, 2.05) is 7.05 Å². The van der Waals surface area contributed by atoms with Gasteiger partial charge in [-0.1, -0.05) is 6.42 Å². The topological polar surface area (TPSA) is 40.1 Å². The van der Waals surface area contributed by atoms with Crippen LogP contribution < -0.4 is 5.32 Å². The van der Waals surface area contributed by atoms with Gasteiger partial charge in [0.15, 0.2) is 5.96 Å². The Labute approximate surface area is 129 Å².